The summed E-state index contributed by atoms with van der Waals surface area (Å²) in [7, 11) is 2.08. The predicted octanol–water partition coefficient (Wildman–Crippen LogP) is 3.53. The Morgan fingerprint density at radius 2 is 2.00 bits per heavy atom. The number of anilines is 1. The van der Waals surface area contributed by atoms with E-state index in [1.165, 1.54) is 16.8 Å². The summed E-state index contributed by atoms with van der Waals surface area (Å²) in [6, 6.07) is 10.4. The highest BCUT2D eigenvalue weighted by Crippen LogP contribution is 2.21. The first-order chi connectivity index (χ1) is 7.66. The monoisotopic (exact) mass is 215 g/mol. The lowest BCUT2D eigenvalue weighted by atomic mass is 10.1. The molecule has 16 heavy (non-hydrogen) atoms. The van der Waals surface area contributed by atoms with Gasteiger partial charge in [0.15, 0.2) is 0 Å². The normalized spacial score (nSPS) is 10.4. The van der Waals surface area contributed by atoms with Crippen molar-refractivity contribution in [1.29, 1.82) is 0 Å². The van der Waals surface area contributed by atoms with Gasteiger partial charge >= 0.3 is 0 Å². The van der Waals surface area contributed by atoms with Gasteiger partial charge in [0, 0.05) is 12.7 Å². The average Bonchev–Trinajstić information content (AvgIpc) is 2.70. The van der Waals surface area contributed by atoms with Crippen LogP contribution in [0.1, 0.15) is 16.9 Å². The minimum Gasteiger partial charge on any atom is -0.467 e. The highest BCUT2D eigenvalue weighted by molar-refractivity contribution is 5.53. The second-order valence-corrected chi connectivity index (χ2v) is 4.23. The number of hydrogen-bond donors (Lipinski definition) is 0. The quantitative estimate of drug-likeness (QED) is 0.778. The molecule has 1 aromatic heterocycles. The van der Waals surface area contributed by atoms with E-state index >= 15 is 0 Å². The summed E-state index contributed by atoms with van der Waals surface area (Å²) in [5.74, 6) is 0.988. The third-order valence-corrected chi connectivity index (χ3v) is 2.74. The topological polar surface area (TPSA) is 16.4 Å². The Hall–Kier alpha value is -1.70. The van der Waals surface area contributed by atoms with Crippen molar-refractivity contribution in [3.8, 4) is 0 Å². The molecule has 2 aromatic rings. The summed E-state index contributed by atoms with van der Waals surface area (Å²) in [5, 5.41) is 0. The number of hydrogen-bond acceptors (Lipinski definition) is 2. The Labute approximate surface area is 96.5 Å². The van der Waals surface area contributed by atoms with Crippen molar-refractivity contribution in [3.05, 3.63) is 53.5 Å². The van der Waals surface area contributed by atoms with Crippen LogP contribution in [0.15, 0.2) is 41.0 Å². The van der Waals surface area contributed by atoms with Crippen LogP contribution in [0.25, 0.3) is 0 Å². The van der Waals surface area contributed by atoms with Crippen molar-refractivity contribution in [3.63, 3.8) is 0 Å². The van der Waals surface area contributed by atoms with Crippen LogP contribution in [-0.2, 0) is 6.54 Å². The van der Waals surface area contributed by atoms with Crippen LogP contribution in [0.4, 0.5) is 5.69 Å². The van der Waals surface area contributed by atoms with Crippen molar-refractivity contribution in [1.82, 2.24) is 0 Å². The number of furan rings is 1. The van der Waals surface area contributed by atoms with Crippen LogP contribution >= 0.6 is 0 Å². The average molecular weight is 215 g/mol. The molecule has 0 aliphatic rings. The second kappa shape index (κ2) is 4.44. The van der Waals surface area contributed by atoms with Crippen LogP contribution in [0.3, 0.4) is 0 Å². The van der Waals surface area contributed by atoms with Gasteiger partial charge in [-0.05, 0) is 37.6 Å². The van der Waals surface area contributed by atoms with E-state index in [4.69, 9.17) is 4.42 Å². The van der Waals surface area contributed by atoms with Crippen LogP contribution < -0.4 is 4.90 Å². The molecule has 2 heteroatoms. The van der Waals surface area contributed by atoms with Gasteiger partial charge in [-0.15, -0.1) is 0 Å². The van der Waals surface area contributed by atoms with Crippen molar-refractivity contribution >= 4 is 5.69 Å². The van der Waals surface area contributed by atoms with E-state index < -0.39 is 0 Å². The van der Waals surface area contributed by atoms with Crippen molar-refractivity contribution in [2.24, 2.45) is 0 Å². The first-order valence-corrected chi connectivity index (χ1v) is 5.47. The molecule has 2 nitrogen and oxygen atoms in total. The van der Waals surface area contributed by atoms with E-state index in [2.05, 4.69) is 44.0 Å². The molecular formula is C14H17NO. The summed E-state index contributed by atoms with van der Waals surface area (Å²) in [6.45, 7) is 5.06. The van der Waals surface area contributed by atoms with E-state index in [1.807, 2.05) is 12.1 Å². The van der Waals surface area contributed by atoms with Gasteiger partial charge in [-0.25, -0.2) is 0 Å². The predicted molar refractivity (Wildman–Crippen MR) is 66.7 cm³/mol. The highest BCUT2D eigenvalue weighted by atomic mass is 16.3. The van der Waals surface area contributed by atoms with Gasteiger partial charge < -0.3 is 9.32 Å². The van der Waals surface area contributed by atoms with Gasteiger partial charge in [0.25, 0.3) is 0 Å². The molecule has 0 unspecified atom stereocenters. The number of rotatable bonds is 3. The minimum absolute atomic E-state index is 0.802. The third-order valence-electron chi connectivity index (χ3n) is 2.74. The van der Waals surface area contributed by atoms with Gasteiger partial charge in [-0.2, -0.15) is 0 Å². The molecule has 0 radical (unpaired) electrons. The maximum absolute atomic E-state index is 5.35. The minimum atomic E-state index is 0.802. The standard InChI is InChI=1S/C14H17NO/c1-11-6-7-14(12(2)9-11)15(3)10-13-5-4-8-16-13/h4-9H,10H2,1-3H3. The molecular weight excluding hydrogens is 198 g/mol. The second-order valence-electron chi connectivity index (χ2n) is 4.23. The largest absolute Gasteiger partial charge is 0.467 e. The van der Waals surface area contributed by atoms with Crippen LogP contribution in [0.5, 0.6) is 0 Å². The molecule has 0 aliphatic carbocycles. The van der Waals surface area contributed by atoms with Crippen molar-refractivity contribution < 1.29 is 4.42 Å². The fourth-order valence-corrected chi connectivity index (χ4v) is 1.96. The van der Waals surface area contributed by atoms with E-state index in [9.17, 15) is 0 Å². The van der Waals surface area contributed by atoms with Gasteiger partial charge in [0.1, 0.15) is 5.76 Å². The van der Waals surface area contributed by atoms with E-state index in [0.29, 0.717) is 0 Å². The van der Waals surface area contributed by atoms with Crippen LogP contribution in [0.2, 0.25) is 0 Å². The summed E-state index contributed by atoms with van der Waals surface area (Å²) in [4.78, 5) is 2.20. The molecule has 0 fully saturated rings. The van der Waals surface area contributed by atoms with Gasteiger partial charge in [-0.1, -0.05) is 17.7 Å². The maximum atomic E-state index is 5.35. The molecule has 0 spiro atoms. The van der Waals surface area contributed by atoms with E-state index in [1.54, 1.807) is 6.26 Å². The Morgan fingerprint density at radius 3 is 2.62 bits per heavy atom. The molecule has 1 heterocycles. The Morgan fingerprint density at radius 1 is 1.19 bits per heavy atom. The van der Waals surface area contributed by atoms with Crippen molar-refractivity contribution in [2.45, 2.75) is 20.4 Å². The molecule has 0 saturated carbocycles. The SMILES string of the molecule is Cc1ccc(N(C)Cc2ccco2)c(C)c1. The van der Waals surface area contributed by atoms with Crippen molar-refractivity contribution in [2.75, 3.05) is 11.9 Å². The fourth-order valence-electron chi connectivity index (χ4n) is 1.96. The first kappa shape index (κ1) is 10.8. The van der Waals surface area contributed by atoms with Crippen LogP contribution in [0, 0.1) is 13.8 Å². The maximum Gasteiger partial charge on any atom is 0.123 e. The summed E-state index contributed by atoms with van der Waals surface area (Å²) >= 11 is 0. The Balaban J connectivity index is 2.17. The Bertz CT molecular complexity index is 460. The van der Waals surface area contributed by atoms with Gasteiger partial charge in [0.05, 0.1) is 12.8 Å². The van der Waals surface area contributed by atoms with Crippen LogP contribution in [-0.4, -0.2) is 7.05 Å². The fraction of sp³-hybridized carbons (Fsp3) is 0.286. The molecule has 0 bridgehead atoms. The zero-order valence-corrected chi connectivity index (χ0v) is 10.0. The van der Waals surface area contributed by atoms with E-state index in [0.717, 1.165) is 12.3 Å². The lowest BCUT2D eigenvalue weighted by Crippen LogP contribution is -2.16. The molecule has 84 valence electrons. The molecule has 1 aromatic carbocycles. The number of benzene rings is 1. The molecule has 2 rings (SSSR count). The third kappa shape index (κ3) is 2.27. The summed E-state index contributed by atoms with van der Waals surface area (Å²) in [5.41, 5.74) is 3.85. The molecule has 0 amide bonds. The number of aryl methyl sites for hydroxylation is 2. The lowest BCUT2D eigenvalue weighted by molar-refractivity contribution is 0.507. The zero-order chi connectivity index (χ0) is 11.5. The number of nitrogens with zero attached hydrogens (tertiary/aromatic N) is 1. The molecule has 0 N–H and O–H groups in total. The smallest absolute Gasteiger partial charge is 0.123 e. The molecule has 0 saturated heterocycles. The lowest BCUT2D eigenvalue weighted by Gasteiger charge is -2.20. The summed E-state index contributed by atoms with van der Waals surface area (Å²) < 4.78 is 5.35. The molecule has 0 atom stereocenters. The highest BCUT2D eigenvalue weighted by Gasteiger charge is 2.06. The summed E-state index contributed by atoms with van der Waals surface area (Å²) in [6.07, 6.45) is 1.71. The molecule has 0 aliphatic heterocycles. The van der Waals surface area contributed by atoms with Gasteiger partial charge in [-0.3, -0.25) is 0 Å². The van der Waals surface area contributed by atoms with Gasteiger partial charge in [0.2, 0.25) is 0 Å². The zero-order valence-electron chi connectivity index (χ0n) is 10.0. The first-order valence-electron chi connectivity index (χ1n) is 5.47. The Kier molecular flexibility index (Phi) is 3.00. The van der Waals surface area contributed by atoms with E-state index in [-0.39, 0.29) is 0 Å².